The third kappa shape index (κ3) is 2.51. The van der Waals surface area contributed by atoms with E-state index in [0.29, 0.717) is 5.82 Å². The first-order valence-corrected chi connectivity index (χ1v) is 3.55. The highest BCUT2D eigenvalue weighted by atomic mass is 16.1. The number of carbonyl (C=O) groups is 1. The second kappa shape index (κ2) is 4.24. The lowest BCUT2D eigenvalue weighted by Crippen LogP contribution is -1.89. The fourth-order valence-corrected chi connectivity index (χ4v) is 0.681. The van der Waals surface area contributed by atoms with Crippen LogP contribution in [0.2, 0.25) is 0 Å². The molecule has 0 saturated carbocycles. The van der Waals surface area contributed by atoms with Crippen LogP contribution in [0.5, 0.6) is 0 Å². The van der Waals surface area contributed by atoms with Crippen LogP contribution in [0.4, 0.5) is 0 Å². The summed E-state index contributed by atoms with van der Waals surface area (Å²) in [6, 6.07) is 1.80. The van der Waals surface area contributed by atoms with E-state index < -0.39 is 0 Å². The van der Waals surface area contributed by atoms with Gasteiger partial charge in [0.05, 0.1) is 6.42 Å². The predicted octanol–water partition coefficient (Wildman–Crippen LogP) is 0.726. The normalized spacial score (nSPS) is 8.42. The number of aromatic nitrogens is 2. The summed E-state index contributed by atoms with van der Waals surface area (Å²) in [7, 11) is 0. The maximum Gasteiger partial charge on any atom is 0.205 e. The van der Waals surface area contributed by atoms with Crippen molar-refractivity contribution < 1.29 is 4.79 Å². The van der Waals surface area contributed by atoms with Gasteiger partial charge in [-0.15, -0.1) is 0 Å². The zero-order chi connectivity index (χ0) is 8.81. The monoisotopic (exact) mass is 160 g/mol. The number of hydrogen-bond donors (Lipinski definition) is 0. The Morgan fingerprint density at radius 2 is 2.50 bits per heavy atom. The van der Waals surface area contributed by atoms with Crippen LogP contribution in [0.25, 0.3) is 0 Å². The van der Waals surface area contributed by atoms with Crippen molar-refractivity contribution >= 4 is 6.29 Å². The van der Waals surface area contributed by atoms with E-state index in [2.05, 4.69) is 21.8 Å². The quantitative estimate of drug-likeness (QED) is 0.449. The first-order chi connectivity index (χ1) is 5.83. The minimum atomic E-state index is 0.233. The topological polar surface area (TPSA) is 42.9 Å². The molecule has 1 rings (SSSR count). The molecule has 0 bridgehead atoms. The summed E-state index contributed by atoms with van der Waals surface area (Å²) in [5.41, 5.74) is 0.875. The largest absolute Gasteiger partial charge is 0.302 e. The fourth-order valence-electron chi connectivity index (χ4n) is 0.681. The molecule has 1 aromatic rings. The first kappa shape index (κ1) is 8.41. The molecule has 3 heteroatoms. The van der Waals surface area contributed by atoms with Crippen LogP contribution >= 0.6 is 0 Å². The Hall–Kier alpha value is -1.69. The SMILES string of the molecule is Cc1ccnc(C#CCC=O)n1. The molecule has 0 aliphatic heterocycles. The number of aldehydes is 1. The summed E-state index contributed by atoms with van der Waals surface area (Å²) in [5.74, 6) is 5.79. The van der Waals surface area contributed by atoms with E-state index in [1.807, 2.05) is 6.92 Å². The highest BCUT2D eigenvalue weighted by Crippen LogP contribution is 1.90. The van der Waals surface area contributed by atoms with E-state index in [-0.39, 0.29) is 6.42 Å². The van der Waals surface area contributed by atoms with Crippen molar-refractivity contribution in [3.8, 4) is 11.8 Å². The van der Waals surface area contributed by atoms with Crippen molar-refractivity contribution in [1.82, 2.24) is 9.97 Å². The first-order valence-electron chi connectivity index (χ1n) is 3.55. The van der Waals surface area contributed by atoms with Gasteiger partial charge in [0.15, 0.2) is 0 Å². The number of nitrogens with zero attached hydrogens (tertiary/aromatic N) is 2. The lowest BCUT2D eigenvalue weighted by atomic mass is 10.4. The number of carbonyl (C=O) groups excluding carboxylic acids is 1. The predicted molar refractivity (Wildman–Crippen MR) is 44.3 cm³/mol. The zero-order valence-corrected chi connectivity index (χ0v) is 6.74. The molecular weight excluding hydrogens is 152 g/mol. The van der Waals surface area contributed by atoms with E-state index in [0.717, 1.165) is 12.0 Å². The van der Waals surface area contributed by atoms with Gasteiger partial charge in [0, 0.05) is 11.9 Å². The van der Waals surface area contributed by atoms with Crippen LogP contribution in [0.1, 0.15) is 17.9 Å². The van der Waals surface area contributed by atoms with E-state index >= 15 is 0 Å². The minimum Gasteiger partial charge on any atom is -0.302 e. The lowest BCUT2D eigenvalue weighted by Gasteiger charge is -1.89. The van der Waals surface area contributed by atoms with Gasteiger partial charge < -0.3 is 4.79 Å². The van der Waals surface area contributed by atoms with Crippen molar-refractivity contribution in [1.29, 1.82) is 0 Å². The maximum absolute atomic E-state index is 9.92. The smallest absolute Gasteiger partial charge is 0.205 e. The van der Waals surface area contributed by atoms with Crippen LogP contribution in [0.15, 0.2) is 12.3 Å². The average Bonchev–Trinajstić information content (AvgIpc) is 2.05. The van der Waals surface area contributed by atoms with Gasteiger partial charge in [0.2, 0.25) is 5.82 Å². The Kier molecular flexibility index (Phi) is 2.97. The Labute approximate surface area is 70.9 Å². The molecule has 0 N–H and O–H groups in total. The molecule has 0 aliphatic rings. The molecule has 0 amide bonds. The number of aryl methyl sites for hydroxylation is 1. The molecule has 0 atom stereocenters. The van der Waals surface area contributed by atoms with Gasteiger partial charge in [-0.2, -0.15) is 0 Å². The third-order valence-corrected chi connectivity index (χ3v) is 1.18. The lowest BCUT2D eigenvalue weighted by molar-refractivity contribution is -0.107. The molecule has 0 spiro atoms. The van der Waals surface area contributed by atoms with Crippen LogP contribution in [0.3, 0.4) is 0 Å². The molecule has 0 unspecified atom stereocenters. The van der Waals surface area contributed by atoms with Gasteiger partial charge in [-0.05, 0) is 18.9 Å². The summed E-state index contributed by atoms with van der Waals surface area (Å²) < 4.78 is 0. The molecule has 3 nitrogen and oxygen atoms in total. The number of hydrogen-bond acceptors (Lipinski definition) is 3. The van der Waals surface area contributed by atoms with E-state index in [1.165, 1.54) is 0 Å². The zero-order valence-electron chi connectivity index (χ0n) is 6.74. The second-order valence-corrected chi connectivity index (χ2v) is 2.19. The van der Waals surface area contributed by atoms with Crippen LogP contribution in [-0.4, -0.2) is 16.3 Å². The summed E-state index contributed by atoms with van der Waals surface area (Å²) in [6.07, 6.45) is 2.63. The van der Waals surface area contributed by atoms with Crippen LogP contribution in [0, 0.1) is 18.8 Å². The standard InChI is InChI=1S/C9H8N2O/c1-8-5-6-10-9(11-8)4-2-3-7-12/h5-7H,3H2,1H3. The molecule has 0 radical (unpaired) electrons. The molecule has 1 aromatic heterocycles. The Balaban J connectivity index is 2.77. The van der Waals surface area contributed by atoms with Crippen molar-refractivity contribution in [2.45, 2.75) is 13.3 Å². The van der Waals surface area contributed by atoms with Gasteiger partial charge in [-0.1, -0.05) is 5.92 Å². The highest BCUT2D eigenvalue weighted by molar-refractivity contribution is 5.54. The fraction of sp³-hybridized carbons (Fsp3) is 0.222. The molecule has 60 valence electrons. The van der Waals surface area contributed by atoms with E-state index in [1.54, 1.807) is 12.3 Å². The Morgan fingerprint density at radius 1 is 1.67 bits per heavy atom. The van der Waals surface area contributed by atoms with Crippen molar-refractivity contribution in [3.63, 3.8) is 0 Å². The second-order valence-electron chi connectivity index (χ2n) is 2.19. The Morgan fingerprint density at radius 3 is 3.17 bits per heavy atom. The van der Waals surface area contributed by atoms with Crippen molar-refractivity contribution in [2.24, 2.45) is 0 Å². The van der Waals surface area contributed by atoms with Gasteiger partial charge in [-0.3, -0.25) is 0 Å². The minimum absolute atomic E-state index is 0.233. The van der Waals surface area contributed by atoms with Crippen LogP contribution < -0.4 is 0 Å². The highest BCUT2D eigenvalue weighted by Gasteiger charge is 1.88. The van der Waals surface area contributed by atoms with E-state index in [4.69, 9.17) is 0 Å². The van der Waals surface area contributed by atoms with E-state index in [9.17, 15) is 4.79 Å². The van der Waals surface area contributed by atoms with Crippen molar-refractivity contribution in [3.05, 3.63) is 23.8 Å². The third-order valence-electron chi connectivity index (χ3n) is 1.18. The molecule has 12 heavy (non-hydrogen) atoms. The molecule has 0 aromatic carbocycles. The summed E-state index contributed by atoms with van der Waals surface area (Å²) in [6.45, 7) is 1.87. The molecule has 0 aliphatic carbocycles. The maximum atomic E-state index is 9.92. The van der Waals surface area contributed by atoms with Gasteiger partial charge in [0.1, 0.15) is 6.29 Å². The molecular formula is C9H8N2O. The summed E-state index contributed by atoms with van der Waals surface area (Å²) in [5, 5.41) is 0. The Bertz CT molecular complexity index is 336. The van der Waals surface area contributed by atoms with Crippen molar-refractivity contribution in [2.75, 3.05) is 0 Å². The molecule has 0 fully saturated rings. The van der Waals surface area contributed by atoms with Gasteiger partial charge in [0.25, 0.3) is 0 Å². The van der Waals surface area contributed by atoms with Crippen LogP contribution in [-0.2, 0) is 4.79 Å². The number of rotatable bonds is 1. The van der Waals surface area contributed by atoms with Gasteiger partial charge in [-0.25, -0.2) is 9.97 Å². The molecule has 0 saturated heterocycles. The average molecular weight is 160 g/mol. The summed E-state index contributed by atoms with van der Waals surface area (Å²) in [4.78, 5) is 17.9. The molecule has 1 heterocycles. The van der Waals surface area contributed by atoms with Gasteiger partial charge >= 0.3 is 0 Å². The summed E-state index contributed by atoms with van der Waals surface area (Å²) >= 11 is 0.